The number of halogens is 2. The van der Waals surface area contributed by atoms with Crippen molar-refractivity contribution in [3.05, 3.63) is 71.1 Å². The van der Waals surface area contributed by atoms with Gasteiger partial charge in [-0.15, -0.1) is 11.3 Å². The van der Waals surface area contributed by atoms with Gasteiger partial charge in [-0.1, -0.05) is 43.3 Å². The lowest BCUT2D eigenvalue weighted by Gasteiger charge is -2.08. The molecule has 1 heterocycles. The van der Waals surface area contributed by atoms with Gasteiger partial charge < -0.3 is 0 Å². The first-order valence-electron chi connectivity index (χ1n) is 6.82. The van der Waals surface area contributed by atoms with Crippen LogP contribution in [0, 0.1) is 11.6 Å². The Bertz CT molecular complexity index is 744. The molecule has 0 amide bonds. The Labute approximate surface area is 126 Å². The van der Waals surface area contributed by atoms with E-state index in [2.05, 4.69) is 6.92 Å². The topological polar surface area (TPSA) is 0 Å². The summed E-state index contributed by atoms with van der Waals surface area (Å²) in [7, 11) is 0. The molecule has 0 N–H and O–H groups in total. The largest absolute Gasteiger partial charge is 0.203 e. The predicted octanol–water partition coefficient (Wildman–Crippen LogP) is 5.92. The summed E-state index contributed by atoms with van der Waals surface area (Å²) in [6.45, 7) is 2.06. The third-order valence-corrected chi connectivity index (χ3v) is 4.45. The molecule has 2 aromatic carbocycles. The highest BCUT2D eigenvalue weighted by Gasteiger charge is 2.16. The van der Waals surface area contributed by atoms with Crippen molar-refractivity contribution in [2.45, 2.75) is 13.3 Å². The molecule has 0 aliphatic heterocycles. The van der Waals surface area contributed by atoms with Gasteiger partial charge >= 0.3 is 0 Å². The lowest BCUT2D eigenvalue weighted by Crippen LogP contribution is -1.93. The maximum absolute atomic E-state index is 14.4. The number of aryl methyl sites for hydroxylation is 1. The second kappa shape index (κ2) is 5.78. The summed E-state index contributed by atoms with van der Waals surface area (Å²) in [4.78, 5) is 0.735. The smallest absolute Gasteiger partial charge is 0.168 e. The highest BCUT2D eigenvalue weighted by atomic mass is 32.1. The van der Waals surface area contributed by atoms with Gasteiger partial charge in [-0.25, -0.2) is 8.78 Å². The zero-order valence-corrected chi connectivity index (χ0v) is 12.4. The first kappa shape index (κ1) is 14.0. The molecule has 0 aliphatic rings. The Hall–Kier alpha value is -2.00. The molecular formula is C18H14F2S. The van der Waals surface area contributed by atoms with Crippen LogP contribution in [0.4, 0.5) is 8.78 Å². The van der Waals surface area contributed by atoms with E-state index in [1.54, 1.807) is 18.2 Å². The summed E-state index contributed by atoms with van der Waals surface area (Å²) in [5.74, 6) is -1.57. The minimum absolute atomic E-state index is 0.301. The van der Waals surface area contributed by atoms with Crippen LogP contribution in [0.5, 0.6) is 0 Å². The van der Waals surface area contributed by atoms with Crippen molar-refractivity contribution in [1.29, 1.82) is 0 Å². The second-order valence-corrected chi connectivity index (χ2v) is 5.76. The Morgan fingerprint density at radius 2 is 1.52 bits per heavy atom. The summed E-state index contributed by atoms with van der Waals surface area (Å²) in [5.41, 5.74) is 2.49. The Balaban J connectivity index is 2.06. The summed E-state index contributed by atoms with van der Waals surface area (Å²) in [6, 6.07) is 14.5. The van der Waals surface area contributed by atoms with Gasteiger partial charge in [0.25, 0.3) is 0 Å². The van der Waals surface area contributed by atoms with Crippen molar-refractivity contribution in [3.63, 3.8) is 0 Å². The lowest BCUT2D eigenvalue weighted by atomic mass is 10.0. The van der Waals surface area contributed by atoms with Crippen LogP contribution in [-0.4, -0.2) is 0 Å². The maximum Gasteiger partial charge on any atom is 0.168 e. The molecule has 0 bridgehead atoms. The maximum atomic E-state index is 14.4. The summed E-state index contributed by atoms with van der Waals surface area (Å²) < 4.78 is 28.6. The number of hydrogen-bond acceptors (Lipinski definition) is 1. The van der Waals surface area contributed by atoms with Crippen molar-refractivity contribution in [1.82, 2.24) is 0 Å². The normalized spacial score (nSPS) is 10.8. The van der Waals surface area contributed by atoms with Crippen molar-refractivity contribution in [2.75, 3.05) is 0 Å². The SMILES string of the molecule is CCc1ccc(-c2ccc(-c3cccs3)c(F)c2F)cc1. The summed E-state index contributed by atoms with van der Waals surface area (Å²) >= 11 is 1.40. The van der Waals surface area contributed by atoms with Crippen LogP contribution in [0.15, 0.2) is 53.9 Å². The minimum atomic E-state index is -0.787. The average Bonchev–Trinajstić information content (AvgIpc) is 3.04. The number of thiophene rings is 1. The molecule has 3 aromatic rings. The average molecular weight is 300 g/mol. The molecule has 3 heteroatoms. The van der Waals surface area contributed by atoms with Gasteiger partial charge in [0, 0.05) is 16.0 Å². The number of benzene rings is 2. The van der Waals surface area contributed by atoms with Crippen molar-refractivity contribution in [3.8, 4) is 21.6 Å². The van der Waals surface area contributed by atoms with E-state index in [9.17, 15) is 8.78 Å². The van der Waals surface area contributed by atoms with Gasteiger partial charge in [-0.05, 0) is 35.1 Å². The van der Waals surface area contributed by atoms with Crippen LogP contribution in [0.1, 0.15) is 12.5 Å². The Kier molecular flexibility index (Phi) is 3.84. The lowest BCUT2D eigenvalue weighted by molar-refractivity contribution is 0.514. The molecule has 0 saturated carbocycles. The third-order valence-electron chi connectivity index (χ3n) is 3.54. The molecule has 0 spiro atoms. The fraction of sp³-hybridized carbons (Fsp3) is 0.111. The highest BCUT2D eigenvalue weighted by Crippen LogP contribution is 2.33. The van der Waals surface area contributed by atoms with Crippen LogP contribution in [-0.2, 0) is 6.42 Å². The molecule has 0 saturated heterocycles. The molecular weight excluding hydrogens is 286 g/mol. The zero-order valence-electron chi connectivity index (χ0n) is 11.6. The zero-order chi connectivity index (χ0) is 14.8. The van der Waals surface area contributed by atoms with E-state index in [0.717, 1.165) is 11.3 Å². The second-order valence-electron chi connectivity index (χ2n) is 4.82. The molecule has 0 fully saturated rings. The van der Waals surface area contributed by atoms with Gasteiger partial charge in [0.05, 0.1) is 0 Å². The molecule has 106 valence electrons. The summed E-state index contributed by atoms with van der Waals surface area (Å²) in [5, 5.41) is 1.85. The quantitative estimate of drug-likeness (QED) is 0.563. The molecule has 0 aliphatic carbocycles. The van der Waals surface area contributed by atoms with Crippen LogP contribution in [0.3, 0.4) is 0 Å². The van der Waals surface area contributed by atoms with Crippen molar-refractivity contribution in [2.24, 2.45) is 0 Å². The predicted molar refractivity (Wildman–Crippen MR) is 84.5 cm³/mol. The van der Waals surface area contributed by atoms with Crippen LogP contribution >= 0.6 is 11.3 Å². The van der Waals surface area contributed by atoms with Crippen molar-refractivity contribution >= 4 is 11.3 Å². The van der Waals surface area contributed by atoms with Gasteiger partial charge in [0.1, 0.15) is 0 Å². The van der Waals surface area contributed by atoms with Crippen molar-refractivity contribution < 1.29 is 8.78 Å². The number of rotatable bonds is 3. The van der Waals surface area contributed by atoms with Crippen LogP contribution in [0.25, 0.3) is 21.6 Å². The third kappa shape index (κ3) is 2.61. The first-order valence-corrected chi connectivity index (χ1v) is 7.70. The van der Waals surface area contributed by atoms with E-state index < -0.39 is 11.6 Å². The van der Waals surface area contributed by atoms with Crippen LogP contribution in [0.2, 0.25) is 0 Å². The molecule has 0 unspecified atom stereocenters. The first-order chi connectivity index (χ1) is 10.2. The van der Waals surface area contributed by atoms with E-state index in [1.807, 2.05) is 35.7 Å². The van der Waals surface area contributed by atoms with E-state index in [-0.39, 0.29) is 0 Å². The van der Waals surface area contributed by atoms with E-state index in [4.69, 9.17) is 0 Å². The molecule has 0 radical (unpaired) electrons. The van der Waals surface area contributed by atoms with Gasteiger partial charge in [0.2, 0.25) is 0 Å². The summed E-state index contributed by atoms with van der Waals surface area (Å²) in [6.07, 6.45) is 0.925. The van der Waals surface area contributed by atoms with E-state index >= 15 is 0 Å². The molecule has 1 aromatic heterocycles. The highest BCUT2D eigenvalue weighted by molar-refractivity contribution is 7.13. The Morgan fingerprint density at radius 3 is 2.14 bits per heavy atom. The molecule has 21 heavy (non-hydrogen) atoms. The fourth-order valence-corrected chi connectivity index (χ4v) is 3.06. The standard InChI is InChI=1S/C18H14F2S/c1-2-12-5-7-13(8-6-12)14-9-10-15(18(20)17(14)19)16-4-3-11-21-16/h3-11H,2H2,1H3. The molecule has 0 nitrogen and oxygen atoms in total. The van der Waals surface area contributed by atoms with Gasteiger partial charge in [-0.3, -0.25) is 0 Å². The number of hydrogen-bond donors (Lipinski definition) is 0. The fourth-order valence-electron chi connectivity index (χ4n) is 2.31. The van der Waals surface area contributed by atoms with E-state index in [0.29, 0.717) is 16.7 Å². The monoisotopic (exact) mass is 300 g/mol. The van der Waals surface area contributed by atoms with Gasteiger partial charge in [-0.2, -0.15) is 0 Å². The van der Waals surface area contributed by atoms with E-state index in [1.165, 1.54) is 16.9 Å². The molecule has 3 rings (SSSR count). The van der Waals surface area contributed by atoms with Crippen LogP contribution < -0.4 is 0 Å². The Morgan fingerprint density at radius 1 is 0.857 bits per heavy atom. The minimum Gasteiger partial charge on any atom is -0.203 e. The van der Waals surface area contributed by atoms with Gasteiger partial charge in [0.15, 0.2) is 11.6 Å². The molecule has 0 atom stereocenters.